The molecule has 1 aliphatic heterocycles. The normalized spacial score (nSPS) is 20.4. The molecule has 45 heavy (non-hydrogen) atoms. The van der Waals surface area contributed by atoms with Crippen LogP contribution in [-0.2, 0) is 4.79 Å². The lowest BCUT2D eigenvalue weighted by Crippen LogP contribution is -2.50. The van der Waals surface area contributed by atoms with Crippen LogP contribution in [0.25, 0.3) is 0 Å². The highest BCUT2D eigenvalue weighted by Gasteiger charge is 2.31. The van der Waals surface area contributed by atoms with E-state index in [2.05, 4.69) is 27.7 Å². The van der Waals surface area contributed by atoms with Gasteiger partial charge in [-0.05, 0) is 76.4 Å². The molecule has 238 valence electrons. The number of guanidine groups is 1. The Balaban J connectivity index is 1.41. The molecule has 0 radical (unpaired) electrons. The number of carbonyl (C=O) groups is 2. The van der Waals surface area contributed by atoms with Gasteiger partial charge in [-0.2, -0.15) is 4.99 Å². The fourth-order valence-electron chi connectivity index (χ4n) is 5.90. The van der Waals surface area contributed by atoms with Crippen LogP contribution in [0.5, 0.6) is 0 Å². The van der Waals surface area contributed by atoms with Crippen molar-refractivity contribution in [1.29, 1.82) is 0 Å². The number of imidazole rings is 1. The van der Waals surface area contributed by atoms with E-state index in [1.165, 1.54) is 12.1 Å². The van der Waals surface area contributed by atoms with Crippen molar-refractivity contribution in [2.45, 2.75) is 57.5 Å². The number of benzene rings is 2. The average molecular weight is 657 g/mol. The van der Waals surface area contributed by atoms with Crippen LogP contribution >= 0.6 is 23.2 Å². The molecule has 2 heterocycles. The summed E-state index contributed by atoms with van der Waals surface area (Å²) in [7, 11) is 0. The highest BCUT2D eigenvalue weighted by atomic mass is 35.5. The summed E-state index contributed by atoms with van der Waals surface area (Å²) < 4.78 is 16.8. The number of amides is 3. The van der Waals surface area contributed by atoms with Crippen LogP contribution in [0, 0.1) is 18.7 Å². The van der Waals surface area contributed by atoms with Gasteiger partial charge in [0.05, 0.1) is 16.4 Å². The minimum atomic E-state index is -0.629. The number of likely N-dealkylation sites (tertiary alicyclic amines) is 1. The summed E-state index contributed by atoms with van der Waals surface area (Å²) in [5.74, 6) is -0.0595. The van der Waals surface area contributed by atoms with E-state index < -0.39 is 5.82 Å². The number of hydrogen-bond donors (Lipinski definition) is 4. The van der Waals surface area contributed by atoms with Gasteiger partial charge < -0.3 is 26.6 Å². The van der Waals surface area contributed by atoms with Gasteiger partial charge in [-0.25, -0.2) is 19.2 Å². The van der Waals surface area contributed by atoms with Crippen LogP contribution in [-0.4, -0.2) is 58.2 Å². The van der Waals surface area contributed by atoms with E-state index in [1.807, 2.05) is 34.9 Å². The SMILES string of the molecule is C=N/C(=N\c1c(C)nc(Nc2c(F)cc(Cl)cc2Cl)n1[C@H]1CC[C@@H](C(N)=O)CC1)N[C@@H]1CCCN(C(=O)Nc2ccccc2)C1. The summed E-state index contributed by atoms with van der Waals surface area (Å²) in [4.78, 5) is 40.2. The highest BCUT2D eigenvalue weighted by molar-refractivity contribution is 6.36. The number of urea groups is 1. The Morgan fingerprint density at radius 1 is 1.11 bits per heavy atom. The zero-order valence-electron chi connectivity index (χ0n) is 24.9. The van der Waals surface area contributed by atoms with E-state index >= 15 is 0 Å². The van der Waals surface area contributed by atoms with Crippen LogP contribution in [0.4, 0.5) is 32.3 Å². The van der Waals surface area contributed by atoms with E-state index in [9.17, 15) is 14.0 Å². The maximum absolute atomic E-state index is 14.9. The van der Waals surface area contributed by atoms with Crippen molar-refractivity contribution in [2.75, 3.05) is 23.7 Å². The van der Waals surface area contributed by atoms with Crippen molar-refractivity contribution >= 4 is 71.0 Å². The molecule has 1 aromatic heterocycles. The van der Waals surface area contributed by atoms with E-state index in [1.54, 1.807) is 11.8 Å². The van der Waals surface area contributed by atoms with Crippen molar-refractivity contribution in [2.24, 2.45) is 21.6 Å². The molecule has 5 rings (SSSR count). The summed E-state index contributed by atoms with van der Waals surface area (Å²) in [5.41, 5.74) is 6.91. The Kier molecular flexibility index (Phi) is 10.2. The molecule has 0 spiro atoms. The van der Waals surface area contributed by atoms with Gasteiger partial charge in [-0.15, -0.1) is 0 Å². The molecule has 0 bridgehead atoms. The molecule has 2 aromatic carbocycles. The number of para-hydroxylation sites is 1. The first-order chi connectivity index (χ1) is 21.6. The topological polar surface area (TPSA) is 142 Å². The number of anilines is 3. The standard InChI is InChI=1S/C31H36Cl2FN9O2/c1-18-28(41-29(36-2)38-22-9-6-14-42(17-22)31(45)39-21-7-4-3-5-8-21)43(23-12-10-19(11-13-23)27(35)44)30(37-18)40-26-24(33)15-20(32)16-25(26)34/h3-5,7-8,15-16,19,22-23H,2,6,9-14,17H2,1H3,(H2,35,44)(H,37,40)(H,38,41)(H,39,45)/t19-,22-,23+/m1/s1. The van der Waals surface area contributed by atoms with Crippen LogP contribution in [0.1, 0.15) is 50.3 Å². The predicted octanol–water partition coefficient (Wildman–Crippen LogP) is 6.57. The van der Waals surface area contributed by atoms with E-state index in [-0.39, 0.29) is 51.6 Å². The number of nitrogens with two attached hydrogens (primary N) is 1. The van der Waals surface area contributed by atoms with Crippen LogP contribution in [0.3, 0.4) is 0 Å². The molecule has 1 atom stereocenters. The van der Waals surface area contributed by atoms with Gasteiger partial charge in [0, 0.05) is 41.8 Å². The Morgan fingerprint density at radius 3 is 2.51 bits per heavy atom. The Hall–Kier alpha value is -4.16. The maximum atomic E-state index is 14.9. The molecule has 5 N–H and O–H groups in total. The summed E-state index contributed by atoms with van der Waals surface area (Å²) in [6, 6.07) is 11.5. The highest BCUT2D eigenvalue weighted by Crippen LogP contribution is 2.40. The zero-order chi connectivity index (χ0) is 32.1. The van der Waals surface area contributed by atoms with Crippen LogP contribution in [0.2, 0.25) is 10.0 Å². The van der Waals surface area contributed by atoms with E-state index in [0.29, 0.717) is 56.2 Å². The first kappa shape index (κ1) is 32.2. The molecule has 1 saturated carbocycles. The van der Waals surface area contributed by atoms with Crippen molar-refractivity contribution in [3.8, 4) is 0 Å². The lowest BCUT2D eigenvalue weighted by atomic mass is 9.85. The minimum Gasteiger partial charge on any atom is -0.369 e. The fourth-order valence-corrected chi connectivity index (χ4v) is 6.41. The third-order valence-corrected chi connectivity index (χ3v) is 8.71. The van der Waals surface area contributed by atoms with Crippen LogP contribution in [0.15, 0.2) is 52.4 Å². The van der Waals surface area contributed by atoms with Gasteiger partial charge in [0.15, 0.2) is 5.82 Å². The predicted molar refractivity (Wildman–Crippen MR) is 177 cm³/mol. The second-order valence-corrected chi connectivity index (χ2v) is 12.2. The van der Waals surface area contributed by atoms with Crippen molar-refractivity contribution in [3.63, 3.8) is 0 Å². The average Bonchev–Trinajstić information content (AvgIpc) is 3.33. The van der Waals surface area contributed by atoms with Gasteiger partial charge >= 0.3 is 6.03 Å². The number of carbonyl (C=O) groups excluding carboxylic acids is 2. The smallest absolute Gasteiger partial charge is 0.321 e. The zero-order valence-corrected chi connectivity index (χ0v) is 26.4. The number of rotatable bonds is 7. The van der Waals surface area contributed by atoms with Gasteiger partial charge in [0.2, 0.25) is 17.8 Å². The Bertz CT molecular complexity index is 1570. The van der Waals surface area contributed by atoms with Crippen LogP contribution < -0.4 is 21.7 Å². The lowest BCUT2D eigenvalue weighted by Gasteiger charge is -2.33. The van der Waals surface area contributed by atoms with Gasteiger partial charge in [-0.1, -0.05) is 41.4 Å². The molecular formula is C31H36Cl2FN9O2. The number of nitrogens with zero attached hydrogens (tertiary/aromatic N) is 5. The molecule has 3 aromatic rings. The molecule has 1 aliphatic carbocycles. The number of aryl methyl sites for hydroxylation is 1. The molecule has 0 unspecified atom stereocenters. The summed E-state index contributed by atoms with van der Waals surface area (Å²) in [5, 5.41) is 9.60. The number of hydrogen-bond acceptors (Lipinski definition) is 5. The number of aliphatic imine (C=N–C) groups is 2. The second-order valence-electron chi connectivity index (χ2n) is 11.3. The minimum absolute atomic E-state index is 0.0324. The molecule has 14 heteroatoms. The Morgan fingerprint density at radius 2 is 1.84 bits per heavy atom. The lowest BCUT2D eigenvalue weighted by molar-refractivity contribution is -0.122. The maximum Gasteiger partial charge on any atom is 0.321 e. The quantitative estimate of drug-likeness (QED) is 0.168. The number of halogens is 3. The summed E-state index contributed by atoms with van der Waals surface area (Å²) in [6.45, 7) is 6.60. The number of nitrogens with one attached hydrogen (secondary N) is 3. The first-order valence-electron chi connectivity index (χ1n) is 14.9. The van der Waals surface area contributed by atoms with Gasteiger partial charge in [0.1, 0.15) is 5.82 Å². The first-order valence-corrected chi connectivity index (χ1v) is 15.6. The molecule has 11 nitrogen and oxygen atoms in total. The molecule has 2 aliphatic rings. The summed E-state index contributed by atoms with van der Waals surface area (Å²) >= 11 is 12.3. The third-order valence-electron chi connectivity index (χ3n) is 8.19. The summed E-state index contributed by atoms with van der Waals surface area (Å²) in [6.07, 6.45) is 4.07. The number of piperidine rings is 1. The largest absolute Gasteiger partial charge is 0.369 e. The van der Waals surface area contributed by atoms with E-state index in [0.717, 1.165) is 18.5 Å². The fraction of sp³-hybridized carbons (Fsp3) is 0.387. The number of primary amides is 1. The van der Waals surface area contributed by atoms with E-state index in [4.69, 9.17) is 38.9 Å². The second kappa shape index (κ2) is 14.3. The monoisotopic (exact) mass is 655 g/mol. The Labute approximate surface area is 271 Å². The molecular weight excluding hydrogens is 620 g/mol. The van der Waals surface area contributed by atoms with Gasteiger partial charge in [-0.3, -0.25) is 9.36 Å². The molecule has 1 saturated heterocycles. The van der Waals surface area contributed by atoms with Crippen molar-refractivity contribution < 1.29 is 14.0 Å². The van der Waals surface area contributed by atoms with Crippen molar-refractivity contribution in [1.82, 2.24) is 19.8 Å². The number of aromatic nitrogens is 2. The third kappa shape index (κ3) is 7.74. The van der Waals surface area contributed by atoms with Crippen molar-refractivity contribution in [3.05, 3.63) is 64.0 Å². The van der Waals surface area contributed by atoms with Gasteiger partial charge in [0.25, 0.3) is 0 Å². The molecule has 2 fully saturated rings. The molecule has 3 amide bonds.